The third-order valence-corrected chi connectivity index (χ3v) is 2.92. The van der Waals surface area contributed by atoms with Gasteiger partial charge in [0, 0.05) is 12.0 Å². The van der Waals surface area contributed by atoms with Crippen molar-refractivity contribution in [2.45, 2.75) is 19.8 Å². The fourth-order valence-electron chi connectivity index (χ4n) is 1.96. The van der Waals surface area contributed by atoms with Crippen LogP contribution in [-0.2, 0) is 0 Å². The average molecular weight is 264 g/mol. The van der Waals surface area contributed by atoms with Gasteiger partial charge in [-0.2, -0.15) is 4.39 Å². The van der Waals surface area contributed by atoms with Gasteiger partial charge in [-0.15, -0.1) is 0 Å². The van der Waals surface area contributed by atoms with E-state index in [1.807, 2.05) is 67.6 Å². The van der Waals surface area contributed by atoms with Crippen molar-refractivity contribution in [1.82, 2.24) is 0 Å². The molecule has 0 atom stereocenters. The van der Waals surface area contributed by atoms with E-state index in [0.717, 1.165) is 17.5 Å². The van der Waals surface area contributed by atoms with Gasteiger partial charge in [0.15, 0.2) is 5.83 Å². The van der Waals surface area contributed by atoms with E-state index in [4.69, 9.17) is 0 Å². The summed E-state index contributed by atoms with van der Waals surface area (Å²) in [5.74, 6) is 5.15. The first-order valence-corrected chi connectivity index (χ1v) is 6.82. The molecule has 0 heterocycles. The average Bonchev–Trinajstić information content (AvgIpc) is 2.50. The molecule has 2 aromatic rings. The molecule has 0 aliphatic carbocycles. The van der Waals surface area contributed by atoms with Crippen molar-refractivity contribution in [3.8, 4) is 11.8 Å². The van der Waals surface area contributed by atoms with Crippen molar-refractivity contribution in [3.05, 3.63) is 77.6 Å². The monoisotopic (exact) mass is 264 g/mol. The Morgan fingerprint density at radius 1 is 0.900 bits per heavy atom. The predicted octanol–water partition coefficient (Wildman–Crippen LogP) is 5.22. The number of hydrogen-bond acceptors (Lipinski definition) is 0. The van der Waals surface area contributed by atoms with Crippen molar-refractivity contribution in [2.24, 2.45) is 0 Å². The molecule has 1 heteroatoms. The molecule has 0 amide bonds. The minimum atomic E-state index is -0.365. The molecule has 0 N–H and O–H groups in total. The van der Waals surface area contributed by atoms with Crippen LogP contribution in [0.1, 0.15) is 30.9 Å². The van der Waals surface area contributed by atoms with E-state index in [1.165, 1.54) is 0 Å². The summed E-state index contributed by atoms with van der Waals surface area (Å²) in [6.07, 6.45) is 1.65. The van der Waals surface area contributed by atoms with Gasteiger partial charge in [-0.1, -0.05) is 73.5 Å². The zero-order valence-electron chi connectivity index (χ0n) is 11.6. The molecule has 100 valence electrons. The molecule has 2 rings (SSSR count). The molecule has 0 radical (unpaired) electrons. The molecule has 0 aliphatic rings. The predicted molar refractivity (Wildman–Crippen MR) is 82.7 cm³/mol. The molecular weight excluding hydrogens is 247 g/mol. The lowest BCUT2D eigenvalue weighted by Crippen LogP contribution is -1.90. The second-order valence-corrected chi connectivity index (χ2v) is 4.47. The van der Waals surface area contributed by atoms with Crippen molar-refractivity contribution < 1.29 is 4.39 Å². The van der Waals surface area contributed by atoms with E-state index < -0.39 is 0 Å². The van der Waals surface area contributed by atoms with Crippen LogP contribution in [0.5, 0.6) is 0 Å². The SMILES string of the molecule is CCCC#CC(F)=C(c1ccccc1)c1ccccc1. The highest BCUT2D eigenvalue weighted by atomic mass is 19.1. The molecular formula is C19H17F. The maximum atomic E-state index is 14.5. The number of hydrogen-bond donors (Lipinski definition) is 0. The molecule has 2 aromatic carbocycles. The van der Waals surface area contributed by atoms with Crippen LogP contribution < -0.4 is 0 Å². The van der Waals surface area contributed by atoms with Gasteiger partial charge in [-0.05, 0) is 23.5 Å². The van der Waals surface area contributed by atoms with Crippen LogP contribution in [0.2, 0.25) is 0 Å². The summed E-state index contributed by atoms with van der Waals surface area (Å²) in [6, 6.07) is 19.1. The van der Waals surface area contributed by atoms with Gasteiger partial charge in [0.25, 0.3) is 0 Å². The highest BCUT2D eigenvalue weighted by molar-refractivity contribution is 5.83. The third kappa shape index (κ3) is 3.59. The summed E-state index contributed by atoms with van der Waals surface area (Å²) < 4.78 is 14.5. The first kappa shape index (κ1) is 14.1. The Morgan fingerprint density at radius 3 is 1.85 bits per heavy atom. The van der Waals surface area contributed by atoms with Gasteiger partial charge < -0.3 is 0 Å². The summed E-state index contributed by atoms with van der Waals surface area (Å²) in [4.78, 5) is 0. The number of halogens is 1. The Labute approximate surface area is 120 Å². The summed E-state index contributed by atoms with van der Waals surface area (Å²) >= 11 is 0. The van der Waals surface area contributed by atoms with E-state index in [1.54, 1.807) is 0 Å². The van der Waals surface area contributed by atoms with Crippen molar-refractivity contribution in [2.75, 3.05) is 0 Å². The maximum Gasteiger partial charge on any atom is 0.181 e. The fourth-order valence-corrected chi connectivity index (χ4v) is 1.96. The van der Waals surface area contributed by atoms with Crippen LogP contribution in [0.3, 0.4) is 0 Å². The van der Waals surface area contributed by atoms with Gasteiger partial charge >= 0.3 is 0 Å². The van der Waals surface area contributed by atoms with E-state index >= 15 is 0 Å². The lowest BCUT2D eigenvalue weighted by molar-refractivity contribution is 0.678. The van der Waals surface area contributed by atoms with E-state index in [0.29, 0.717) is 12.0 Å². The molecule has 0 nitrogen and oxygen atoms in total. The Hall–Kier alpha value is -2.33. The topological polar surface area (TPSA) is 0 Å². The molecule has 0 unspecified atom stereocenters. The second kappa shape index (κ2) is 7.31. The summed E-state index contributed by atoms with van der Waals surface area (Å²) in [6.45, 7) is 2.03. The number of benzene rings is 2. The van der Waals surface area contributed by atoms with Gasteiger partial charge in [-0.25, -0.2) is 0 Å². The Morgan fingerprint density at radius 2 is 1.40 bits per heavy atom. The quantitative estimate of drug-likeness (QED) is 0.667. The number of allylic oxidation sites excluding steroid dienone is 1. The molecule has 0 saturated carbocycles. The van der Waals surface area contributed by atoms with E-state index in [9.17, 15) is 4.39 Å². The van der Waals surface area contributed by atoms with Gasteiger partial charge in [-0.3, -0.25) is 0 Å². The minimum Gasteiger partial charge on any atom is -0.196 e. The minimum absolute atomic E-state index is 0.365. The molecule has 0 fully saturated rings. The maximum absolute atomic E-state index is 14.5. The summed E-state index contributed by atoms with van der Waals surface area (Å²) in [7, 11) is 0. The Kier molecular flexibility index (Phi) is 5.15. The molecule has 0 bridgehead atoms. The van der Waals surface area contributed by atoms with Crippen LogP contribution in [-0.4, -0.2) is 0 Å². The number of rotatable bonds is 3. The smallest absolute Gasteiger partial charge is 0.181 e. The number of unbranched alkanes of at least 4 members (excludes halogenated alkanes) is 1. The van der Waals surface area contributed by atoms with Gasteiger partial charge in [0.05, 0.1) is 0 Å². The molecule has 0 spiro atoms. The van der Waals surface area contributed by atoms with E-state index in [-0.39, 0.29) is 5.83 Å². The zero-order chi connectivity index (χ0) is 14.2. The lowest BCUT2D eigenvalue weighted by atomic mass is 9.97. The molecule has 0 aliphatic heterocycles. The first-order chi connectivity index (χ1) is 9.83. The highest BCUT2D eigenvalue weighted by Crippen LogP contribution is 2.27. The zero-order valence-corrected chi connectivity index (χ0v) is 11.6. The van der Waals surface area contributed by atoms with Crippen LogP contribution in [0, 0.1) is 11.8 Å². The van der Waals surface area contributed by atoms with Crippen LogP contribution in [0.15, 0.2) is 66.5 Å². The molecule has 0 saturated heterocycles. The van der Waals surface area contributed by atoms with Crippen LogP contribution in [0.25, 0.3) is 5.57 Å². The van der Waals surface area contributed by atoms with Crippen molar-refractivity contribution in [3.63, 3.8) is 0 Å². The fraction of sp³-hybridized carbons (Fsp3) is 0.158. The van der Waals surface area contributed by atoms with Gasteiger partial charge in [0.1, 0.15) is 0 Å². The van der Waals surface area contributed by atoms with Crippen LogP contribution >= 0.6 is 0 Å². The Bertz CT molecular complexity index is 586. The van der Waals surface area contributed by atoms with Crippen molar-refractivity contribution in [1.29, 1.82) is 0 Å². The molecule has 0 aromatic heterocycles. The van der Waals surface area contributed by atoms with E-state index in [2.05, 4.69) is 11.8 Å². The molecule has 20 heavy (non-hydrogen) atoms. The highest BCUT2D eigenvalue weighted by Gasteiger charge is 2.09. The largest absolute Gasteiger partial charge is 0.196 e. The first-order valence-electron chi connectivity index (χ1n) is 6.82. The van der Waals surface area contributed by atoms with Gasteiger partial charge in [0.2, 0.25) is 0 Å². The lowest BCUT2D eigenvalue weighted by Gasteiger charge is -2.07. The third-order valence-electron chi connectivity index (χ3n) is 2.92. The summed E-state index contributed by atoms with van der Waals surface area (Å²) in [5.41, 5.74) is 2.26. The van der Waals surface area contributed by atoms with Crippen LogP contribution in [0.4, 0.5) is 4.39 Å². The normalized spacial score (nSPS) is 9.50. The Balaban J connectivity index is 2.51. The standard InChI is InChI=1S/C19H17F/c1-2-3-6-15-18(20)19(16-11-7-4-8-12-16)17-13-9-5-10-14-17/h4-5,7-14H,2-3H2,1H3. The second-order valence-electron chi connectivity index (χ2n) is 4.47. The summed E-state index contributed by atoms with van der Waals surface area (Å²) in [5, 5.41) is 0. The van der Waals surface area contributed by atoms with Crippen molar-refractivity contribution >= 4 is 5.57 Å².